The molecular formula is C16H25FN2. The molecule has 106 valence electrons. The quantitative estimate of drug-likeness (QED) is 0.874. The van der Waals surface area contributed by atoms with Crippen LogP contribution in [0.5, 0.6) is 0 Å². The van der Waals surface area contributed by atoms with Crippen LogP contribution in [0.1, 0.15) is 38.7 Å². The molecule has 1 aliphatic rings. The summed E-state index contributed by atoms with van der Waals surface area (Å²) in [4.78, 5) is 2.19. The molecule has 0 saturated carbocycles. The lowest BCUT2D eigenvalue weighted by Crippen LogP contribution is -2.30. The Morgan fingerprint density at radius 3 is 2.63 bits per heavy atom. The van der Waals surface area contributed by atoms with Crippen molar-refractivity contribution in [3.05, 3.63) is 29.6 Å². The highest BCUT2D eigenvalue weighted by Crippen LogP contribution is 2.24. The van der Waals surface area contributed by atoms with Gasteiger partial charge in [0.25, 0.3) is 0 Å². The van der Waals surface area contributed by atoms with Crippen molar-refractivity contribution in [1.82, 2.24) is 5.32 Å². The van der Waals surface area contributed by atoms with Gasteiger partial charge in [0.05, 0.1) is 5.69 Å². The maximum atomic E-state index is 13.9. The van der Waals surface area contributed by atoms with E-state index in [4.69, 9.17) is 0 Å². The number of hydrogen-bond acceptors (Lipinski definition) is 2. The van der Waals surface area contributed by atoms with Gasteiger partial charge in [-0.1, -0.05) is 19.9 Å². The Morgan fingerprint density at radius 2 is 1.95 bits per heavy atom. The largest absolute Gasteiger partial charge is 0.369 e. The number of halogens is 1. The van der Waals surface area contributed by atoms with Gasteiger partial charge in [0.15, 0.2) is 0 Å². The molecule has 0 unspecified atom stereocenters. The molecule has 1 heterocycles. The van der Waals surface area contributed by atoms with Crippen molar-refractivity contribution in [1.29, 1.82) is 0 Å². The van der Waals surface area contributed by atoms with Gasteiger partial charge in [0.2, 0.25) is 0 Å². The Labute approximate surface area is 116 Å². The summed E-state index contributed by atoms with van der Waals surface area (Å²) in [6.07, 6.45) is 3.62. The summed E-state index contributed by atoms with van der Waals surface area (Å²) in [6, 6.07) is 5.50. The average Bonchev–Trinajstić information content (AvgIpc) is 2.41. The third kappa shape index (κ3) is 4.20. The standard InChI is InChI=1S/C16H25FN2/c1-13(2)11-18-12-14-6-7-15(17)16(10-14)19-8-4-3-5-9-19/h6-7,10,13,18H,3-5,8-9,11-12H2,1-2H3. The summed E-state index contributed by atoms with van der Waals surface area (Å²) >= 11 is 0. The number of benzene rings is 1. The Morgan fingerprint density at radius 1 is 1.21 bits per heavy atom. The minimum Gasteiger partial charge on any atom is -0.369 e. The van der Waals surface area contributed by atoms with E-state index in [1.807, 2.05) is 12.1 Å². The van der Waals surface area contributed by atoms with Crippen LogP contribution in [0.15, 0.2) is 18.2 Å². The highest BCUT2D eigenvalue weighted by atomic mass is 19.1. The van der Waals surface area contributed by atoms with E-state index >= 15 is 0 Å². The van der Waals surface area contributed by atoms with Crippen molar-refractivity contribution in [2.75, 3.05) is 24.5 Å². The summed E-state index contributed by atoms with van der Waals surface area (Å²) < 4.78 is 13.9. The summed E-state index contributed by atoms with van der Waals surface area (Å²) in [6.45, 7) is 8.17. The molecule has 1 N–H and O–H groups in total. The molecule has 0 atom stereocenters. The Bertz CT molecular complexity index is 398. The predicted octanol–water partition coefficient (Wildman–Crippen LogP) is 3.56. The molecule has 0 bridgehead atoms. The predicted molar refractivity (Wildman–Crippen MR) is 79.0 cm³/mol. The molecule has 0 radical (unpaired) electrons. The van der Waals surface area contributed by atoms with Gasteiger partial charge in [-0.05, 0) is 49.4 Å². The van der Waals surface area contributed by atoms with E-state index in [0.29, 0.717) is 5.92 Å². The molecule has 19 heavy (non-hydrogen) atoms. The second-order valence-corrected chi connectivity index (χ2v) is 5.86. The van der Waals surface area contributed by atoms with Gasteiger partial charge in [-0.3, -0.25) is 0 Å². The molecule has 2 nitrogen and oxygen atoms in total. The van der Waals surface area contributed by atoms with Gasteiger partial charge >= 0.3 is 0 Å². The first-order valence-electron chi connectivity index (χ1n) is 7.41. The first-order chi connectivity index (χ1) is 9.16. The SMILES string of the molecule is CC(C)CNCc1ccc(F)c(N2CCCCC2)c1. The van der Waals surface area contributed by atoms with Crippen molar-refractivity contribution in [2.45, 2.75) is 39.7 Å². The number of anilines is 1. The van der Waals surface area contributed by atoms with Crippen LogP contribution in [0.2, 0.25) is 0 Å². The van der Waals surface area contributed by atoms with E-state index < -0.39 is 0 Å². The number of nitrogens with one attached hydrogen (secondary N) is 1. The van der Waals surface area contributed by atoms with Crippen molar-refractivity contribution >= 4 is 5.69 Å². The molecule has 0 aliphatic carbocycles. The molecule has 0 spiro atoms. The molecule has 1 aromatic rings. The van der Waals surface area contributed by atoms with Crippen LogP contribution in [-0.4, -0.2) is 19.6 Å². The monoisotopic (exact) mass is 264 g/mol. The van der Waals surface area contributed by atoms with Crippen LogP contribution in [0.3, 0.4) is 0 Å². The summed E-state index contributed by atoms with van der Waals surface area (Å²) in [7, 11) is 0. The molecule has 1 aromatic carbocycles. The Hall–Kier alpha value is -1.09. The lowest BCUT2D eigenvalue weighted by atomic mass is 10.1. The Kier molecular flexibility index (Phi) is 5.20. The average molecular weight is 264 g/mol. The van der Waals surface area contributed by atoms with Crippen LogP contribution in [0, 0.1) is 11.7 Å². The molecule has 2 rings (SSSR count). The van der Waals surface area contributed by atoms with Crippen molar-refractivity contribution < 1.29 is 4.39 Å². The van der Waals surface area contributed by atoms with E-state index in [2.05, 4.69) is 24.1 Å². The smallest absolute Gasteiger partial charge is 0.146 e. The van der Waals surface area contributed by atoms with E-state index in [1.54, 1.807) is 6.07 Å². The zero-order valence-electron chi connectivity index (χ0n) is 12.1. The van der Waals surface area contributed by atoms with Gasteiger partial charge in [-0.2, -0.15) is 0 Å². The fourth-order valence-electron chi connectivity index (χ4n) is 2.55. The summed E-state index contributed by atoms with van der Waals surface area (Å²) in [5.74, 6) is 0.552. The Balaban J connectivity index is 2.01. The third-order valence-corrected chi connectivity index (χ3v) is 3.59. The fraction of sp³-hybridized carbons (Fsp3) is 0.625. The molecule has 0 aromatic heterocycles. The number of rotatable bonds is 5. The highest BCUT2D eigenvalue weighted by molar-refractivity contribution is 5.50. The van der Waals surface area contributed by atoms with Crippen LogP contribution in [0.25, 0.3) is 0 Å². The zero-order valence-corrected chi connectivity index (χ0v) is 12.1. The summed E-state index contributed by atoms with van der Waals surface area (Å²) in [5, 5.41) is 3.41. The lowest BCUT2D eigenvalue weighted by Gasteiger charge is -2.29. The van der Waals surface area contributed by atoms with Gasteiger partial charge in [-0.15, -0.1) is 0 Å². The van der Waals surface area contributed by atoms with Crippen molar-refractivity contribution in [3.8, 4) is 0 Å². The minimum atomic E-state index is -0.0884. The van der Waals surface area contributed by atoms with Gasteiger partial charge in [0.1, 0.15) is 5.82 Å². The second-order valence-electron chi connectivity index (χ2n) is 5.86. The van der Waals surface area contributed by atoms with E-state index in [9.17, 15) is 4.39 Å². The zero-order chi connectivity index (χ0) is 13.7. The van der Waals surface area contributed by atoms with E-state index in [-0.39, 0.29) is 5.82 Å². The van der Waals surface area contributed by atoms with Crippen LogP contribution >= 0.6 is 0 Å². The van der Waals surface area contributed by atoms with Crippen LogP contribution in [0.4, 0.5) is 10.1 Å². The molecule has 0 amide bonds. The van der Waals surface area contributed by atoms with Gasteiger partial charge in [0, 0.05) is 19.6 Å². The van der Waals surface area contributed by atoms with Crippen LogP contribution in [-0.2, 0) is 6.54 Å². The molecule has 1 fully saturated rings. The fourth-order valence-corrected chi connectivity index (χ4v) is 2.55. The molecule has 1 saturated heterocycles. The maximum absolute atomic E-state index is 13.9. The number of nitrogens with zero attached hydrogens (tertiary/aromatic N) is 1. The number of hydrogen-bond donors (Lipinski definition) is 1. The van der Waals surface area contributed by atoms with Crippen molar-refractivity contribution in [3.63, 3.8) is 0 Å². The van der Waals surface area contributed by atoms with Crippen molar-refractivity contribution in [2.24, 2.45) is 5.92 Å². The maximum Gasteiger partial charge on any atom is 0.146 e. The second kappa shape index (κ2) is 6.90. The van der Waals surface area contributed by atoms with Gasteiger partial charge in [-0.25, -0.2) is 4.39 Å². The first kappa shape index (κ1) is 14.3. The molecule has 1 aliphatic heterocycles. The highest BCUT2D eigenvalue weighted by Gasteiger charge is 2.15. The first-order valence-corrected chi connectivity index (χ1v) is 7.41. The molecule has 3 heteroatoms. The third-order valence-electron chi connectivity index (χ3n) is 3.59. The number of piperidine rings is 1. The molecular weight excluding hydrogens is 239 g/mol. The topological polar surface area (TPSA) is 15.3 Å². The van der Waals surface area contributed by atoms with Gasteiger partial charge < -0.3 is 10.2 Å². The normalized spacial score (nSPS) is 16.1. The summed E-state index contributed by atoms with van der Waals surface area (Å²) in [5.41, 5.74) is 1.95. The van der Waals surface area contributed by atoms with E-state index in [1.165, 1.54) is 24.8 Å². The van der Waals surface area contributed by atoms with E-state index in [0.717, 1.165) is 31.9 Å². The van der Waals surface area contributed by atoms with Crippen LogP contribution < -0.4 is 10.2 Å². The minimum absolute atomic E-state index is 0.0884. The lowest BCUT2D eigenvalue weighted by molar-refractivity contribution is 0.547.